The highest BCUT2D eigenvalue weighted by atomic mass is 79.9. The minimum absolute atomic E-state index is 0.219. The Morgan fingerprint density at radius 3 is 2.39 bits per heavy atom. The fraction of sp³-hybridized carbons (Fsp3) is 0. The van der Waals surface area contributed by atoms with Crippen LogP contribution < -0.4 is 0 Å². The Morgan fingerprint density at radius 2 is 1.83 bits per heavy atom. The molecule has 3 nitrogen and oxygen atoms in total. The van der Waals surface area contributed by atoms with Crippen LogP contribution in [0.25, 0.3) is 11.1 Å². The molecule has 0 atom stereocenters. The number of carbonyl (C=O) groups is 1. The average Bonchev–Trinajstić information content (AvgIpc) is 2.39. The van der Waals surface area contributed by atoms with Gasteiger partial charge >= 0.3 is 5.97 Å². The standard InChI is InChI=1S/C14H8BrNO2/c15-13-11(2-1-3-12(13)14(17)18)10-6-4-9(8-16)5-7-10/h1-7H,(H,17,18). The lowest BCUT2D eigenvalue weighted by Crippen LogP contribution is -1.98. The summed E-state index contributed by atoms with van der Waals surface area (Å²) in [5, 5.41) is 17.8. The van der Waals surface area contributed by atoms with Gasteiger partial charge in [0.1, 0.15) is 0 Å². The van der Waals surface area contributed by atoms with Gasteiger partial charge in [-0.25, -0.2) is 4.79 Å². The van der Waals surface area contributed by atoms with Gasteiger partial charge in [-0.05, 0) is 45.3 Å². The van der Waals surface area contributed by atoms with Gasteiger partial charge in [-0.15, -0.1) is 0 Å². The molecular formula is C14H8BrNO2. The first-order valence-corrected chi connectivity index (χ1v) is 5.95. The number of carboxylic acids is 1. The fourth-order valence-corrected chi connectivity index (χ4v) is 2.31. The number of nitrogens with zero attached hydrogens (tertiary/aromatic N) is 1. The van der Waals surface area contributed by atoms with E-state index in [2.05, 4.69) is 15.9 Å². The van der Waals surface area contributed by atoms with Gasteiger partial charge in [0.15, 0.2) is 0 Å². The molecule has 0 aromatic heterocycles. The molecule has 0 saturated carbocycles. The van der Waals surface area contributed by atoms with Gasteiger partial charge in [0.05, 0.1) is 17.2 Å². The average molecular weight is 302 g/mol. The summed E-state index contributed by atoms with van der Waals surface area (Å²) in [5.74, 6) is -0.975. The second-order valence-electron chi connectivity index (χ2n) is 3.66. The normalized spacial score (nSPS) is 9.78. The van der Waals surface area contributed by atoms with Crippen molar-refractivity contribution >= 4 is 21.9 Å². The van der Waals surface area contributed by atoms with Gasteiger partial charge in [-0.2, -0.15) is 5.26 Å². The summed E-state index contributed by atoms with van der Waals surface area (Å²) >= 11 is 3.31. The molecule has 2 aromatic rings. The minimum Gasteiger partial charge on any atom is -0.478 e. The van der Waals surface area contributed by atoms with Crippen molar-refractivity contribution in [2.75, 3.05) is 0 Å². The summed E-state index contributed by atoms with van der Waals surface area (Å²) in [6.45, 7) is 0. The molecule has 88 valence electrons. The zero-order valence-corrected chi connectivity index (χ0v) is 10.8. The fourth-order valence-electron chi connectivity index (χ4n) is 1.64. The molecule has 1 N–H and O–H groups in total. The predicted octanol–water partition coefficient (Wildman–Crippen LogP) is 3.69. The summed E-state index contributed by atoms with van der Waals surface area (Å²) in [4.78, 5) is 11.0. The maximum Gasteiger partial charge on any atom is 0.336 e. The molecular weight excluding hydrogens is 294 g/mol. The van der Waals surface area contributed by atoms with Crippen LogP contribution in [0, 0.1) is 11.3 Å². The van der Waals surface area contributed by atoms with E-state index in [4.69, 9.17) is 10.4 Å². The van der Waals surface area contributed by atoms with E-state index in [-0.39, 0.29) is 5.56 Å². The van der Waals surface area contributed by atoms with Crippen molar-refractivity contribution in [3.63, 3.8) is 0 Å². The van der Waals surface area contributed by atoms with Crippen LogP contribution in [-0.2, 0) is 0 Å². The lowest BCUT2D eigenvalue weighted by molar-refractivity contribution is 0.0696. The minimum atomic E-state index is -0.975. The van der Waals surface area contributed by atoms with E-state index < -0.39 is 5.97 Å². The molecule has 0 unspecified atom stereocenters. The van der Waals surface area contributed by atoms with Crippen LogP contribution in [0.15, 0.2) is 46.9 Å². The Kier molecular flexibility index (Phi) is 3.45. The van der Waals surface area contributed by atoms with Crippen molar-refractivity contribution in [1.29, 1.82) is 5.26 Å². The monoisotopic (exact) mass is 301 g/mol. The molecule has 0 fully saturated rings. The van der Waals surface area contributed by atoms with Crippen molar-refractivity contribution < 1.29 is 9.90 Å². The number of rotatable bonds is 2. The third-order valence-corrected chi connectivity index (χ3v) is 3.41. The topological polar surface area (TPSA) is 61.1 Å². The molecule has 0 spiro atoms. The zero-order valence-electron chi connectivity index (χ0n) is 9.22. The van der Waals surface area contributed by atoms with E-state index in [0.29, 0.717) is 10.0 Å². The second kappa shape index (κ2) is 5.03. The van der Waals surface area contributed by atoms with Crippen molar-refractivity contribution in [2.45, 2.75) is 0 Å². The van der Waals surface area contributed by atoms with Crippen molar-refractivity contribution in [1.82, 2.24) is 0 Å². The van der Waals surface area contributed by atoms with Gasteiger partial charge in [-0.1, -0.05) is 24.3 Å². The van der Waals surface area contributed by atoms with Crippen LogP contribution in [-0.4, -0.2) is 11.1 Å². The van der Waals surface area contributed by atoms with E-state index in [1.165, 1.54) is 0 Å². The smallest absolute Gasteiger partial charge is 0.336 e. The molecule has 0 bridgehead atoms. The third-order valence-electron chi connectivity index (χ3n) is 2.55. The highest BCUT2D eigenvalue weighted by molar-refractivity contribution is 9.10. The van der Waals surface area contributed by atoms with Crippen LogP contribution >= 0.6 is 15.9 Å². The van der Waals surface area contributed by atoms with E-state index in [1.54, 1.807) is 36.4 Å². The van der Waals surface area contributed by atoms with Crippen LogP contribution in [0.1, 0.15) is 15.9 Å². The van der Waals surface area contributed by atoms with Gasteiger partial charge < -0.3 is 5.11 Å². The molecule has 0 amide bonds. The Labute approximate surface area is 112 Å². The lowest BCUT2D eigenvalue weighted by atomic mass is 10.0. The van der Waals surface area contributed by atoms with Gasteiger partial charge in [0, 0.05) is 4.47 Å². The van der Waals surface area contributed by atoms with Crippen molar-refractivity contribution in [2.24, 2.45) is 0 Å². The molecule has 0 aliphatic carbocycles. The number of halogens is 1. The summed E-state index contributed by atoms with van der Waals surface area (Å²) in [7, 11) is 0. The third kappa shape index (κ3) is 2.27. The summed E-state index contributed by atoms with van der Waals surface area (Å²) in [6.07, 6.45) is 0. The largest absolute Gasteiger partial charge is 0.478 e. The predicted molar refractivity (Wildman–Crippen MR) is 71.3 cm³/mol. The highest BCUT2D eigenvalue weighted by Crippen LogP contribution is 2.31. The van der Waals surface area contributed by atoms with E-state index in [1.807, 2.05) is 12.1 Å². The molecule has 18 heavy (non-hydrogen) atoms. The second-order valence-corrected chi connectivity index (χ2v) is 4.45. The first-order valence-electron chi connectivity index (χ1n) is 5.16. The first kappa shape index (κ1) is 12.3. The Bertz CT molecular complexity index is 642. The Balaban J connectivity index is 2.54. The molecule has 2 aromatic carbocycles. The number of hydrogen-bond acceptors (Lipinski definition) is 2. The number of benzene rings is 2. The highest BCUT2D eigenvalue weighted by Gasteiger charge is 2.12. The Hall–Kier alpha value is -2.12. The van der Waals surface area contributed by atoms with Gasteiger partial charge in [0.2, 0.25) is 0 Å². The Morgan fingerprint density at radius 1 is 1.17 bits per heavy atom. The van der Waals surface area contributed by atoms with Crippen LogP contribution in [0.3, 0.4) is 0 Å². The van der Waals surface area contributed by atoms with Crippen LogP contribution in [0.5, 0.6) is 0 Å². The number of carboxylic acid groups (broad SMARTS) is 1. The SMILES string of the molecule is N#Cc1ccc(-c2cccc(C(=O)O)c2Br)cc1. The number of nitriles is 1. The van der Waals surface area contributed by atoms with Crippen molar-refractivity contribution in [3.8, 4) is 17.2 Å². The molecule has 0 aliphatic heterocycles. The molecule has 0 aliphatic rings. The van der Waals surface area contributed by atoms with Crippen LogP contribution in [0.4, 0.5) is 0 Å². The molecule has 0 radical (unpaired) electrons. The summed E-state index contributed by atoms with van der Waals surface area (Å²) < 4.78 is 0.544. The number of hydrogen-bond donors (Lipinski definition) is 1. The quantitative estimate of drug-likeness (QED) is 0.920. The molecule has 4 heteroatoms. The molecule has 0 heterocycles. The van der Waals surface area contributed by atoms with Gasteiger partial charge in [-0.3, -0.25) is 0 Å². The maximum atomic E-state index is 11.0. The lowest BCUT2D eigenvalue weighted by Gasteiger charge is -2.07. The van der Waals surface area contributed by atoms with Crippen LogP contribution in [0.2, 0.25) is 0 Å². The summed E-state index contributed by atoms with van der Waals surface area (Å²) in [5.41, 5.74) is 2.45. The van der Waals surface area contributed by atoms with E-state index >= 15 is 0 Å². The first-order chi connectivity index (χ1) is 8.63. The molecule has 2 rings (SSSR count). The van der Waals surface area contributed by atoms with E-state index in [9.17, 15) is 4.79 Å². The number of aromatic carboxylic acids is 1. The maximum absolute atomic E-state index is 11.0. The molecule has 0 saturated heterocycles. The summed E-state index contributed by atoms with van der Waals surface area (Å²) in [6, 6.07) is 14.1. The van der Waals surface area contributed by atoms with E-state index in [0.717, 1.165) is 11.1 Å². The zero-order chi connectivity index (χ0) is 13.1. The van der Waals surface area contributed by atoms with Gasteiger partial charge in [0.25, 0.3) is 0 Å². The van der Waals surface area contributed by atoms with Crippen molar-refractivity contribution in [3.05, 3.63) is 58.1 Å².